The highest BCUT2D eigenvalue weighted by Crippen LogP contribution is 2.14. The minimum atomic E-state index is -0.716. The van der Waals surface area contributed by atoms with Gasteiger partial charge in [-0.15, -0.1) is 0 Å². The van der Waals surface area contributed by atoms with E-state index in [-0.39, 0.29) is 18.6 Å². The summed E-state index contributed by atoms with van der Waals surface area (Å²) in [7, 11) is 0. The van der Waals surface area contributed by atoms with Crippen LogP contribution in [0.5, 0.6) is 0 Å². The molecule has 0 saturated heterocycles. The van der Waals surface area contributed by atoms with Crippen LogP contribution in [-0.2, 0) is 11.3 Å². The molecular formula is C11H13F2NO2. The molecule has 0 aliphatic rings. The summed E-state index contributed by atoms with van der Waals surface area (Å²) in [6.07, 6.45) is 1.22. The molecule has 1 aromatic carbocycles. The highest BCUT2D eigenvalue weighted by Gasteiger charge is 2.09. The third-order valence-electron chi connectivity index (χ3n) is 1.92. The number of aliphatic hydroxyl groups excluding tert-OH is 1. The predicted molar refractivity (Wildman–Crippen MR) is 56.4 cm³/mol. The number of hydrogen-bond acceptors (Lipinski definition) is 3. The Labute approximate surface area is 92.3 Å². The zero-order valence-electron chi connectivity index (χ0n) is 8.91. The van der Waals surface area contributed by atoms with E-state index >= 15 is 0 Å². The molecule has 16 heavy (non-hydrogen) atoms. The molecule has 0 aliphatic carbocycles. The summed E-state index contributed by atoms with van der Waals surface area (Å²) in [6, 6.07) is 2.35. The molecule has 0 heterocycles. The fraction of sp³-hybridized carbons (Fsp3) is 0.364. The maximum Gasteiger partial charge on any atom is 0.135 e. The van der Waals surface area contributed by atoms with E-state index in [9.17, 15) is 8.78 Å². The quantitative estimate of drug-likeness (QED) is 0.618. The van der Waals surface area contributed by atoms with Crippen LogP contribution in [0.2, 0.25) is 0 Å². The van der Waals surface area contributed by atoms with Crippen molar-refractivity contribution in [3.8, 4) is 0 Å². The molecule has 0 spiro atoms. The van der Waals surface area contributed by atoms with Gasteiger partial charge in [0.15, 0.2) is 0 Å². The van der Waals surface area contributed by atoms with Crippen molar-refractivity contribution in [1.29, 1.82) is 0 Å². The minimum absolute atomic E-state index is 0.148. The first kappa shape index (κ1) is 12.6. The van der Waals surface area contributed by atoms with Gasteiger partial charge in [0.2, 0.25) is 0 Å². The van der Waals surface area contributed by atoms with Gasteiger partial charge in [-0.05, 0) is 31.0 Å². The summed E-state index contributed by atoms with van der Waals surface area (Å²) in [5, 5.41) is 12.1. The molecule has 0 bridgehead atoms. The van der Waals surface area contributed by atoms with Gasteiger partial charge in [0.05, 0.1) is 11.8 Å². The van der Waals surface area contributed by atoms with E-state index in [0.717, 1.165) is 6.21 Å². The molecule has 0 saturated carbocycles. The van der Waals surface area contributed by atoms with Gasteiger partial charge >= 0.3 is 0 Å². The Morgan fingerprint density at radius 2 is 2.00 bits per heavy atom. The number of benzene rings is 1. The van der Waals surface area contributed by atoms with Crippen LogP contribution in [0.4, 0.5) is 8.78 Å². The fourth-order valence-electron chi connectivity index (χ4n) is 1.20. The van der Waals surface area contributed by atoms with Crippen LogP contribution in [0.1, 0.15) is 18.1 Å². The summed E-state index contributed by atoms with van der Waals surface area (Å²) in [5.41, 5.74) is 0.168. The van der Waals surface area contributed by atoms with E-state index in [1.54, 1.807) is 6.92 Å². The number of oxime groups is 1. The average molecular weight is 229 g/mol. The summed E-state index contributed by atoms with van der Waals surface area (Å²) in [6.45, 7) is 1.90. The van der Waals surface area contributed by atoms with Gasteiger partial charge < -0.3 is 9.94 Å². The van der Waals surface area contributed by atoms with Gasteiger partial charge in [0.1, 0.15) is 18.2 Å². The van der Waals surface area contributed by atoms with Crippen LogP contribution in [0.15, 0.2) is 17.3 Å². The highest BCUT2D eigenvalue weighted by molar-refractivity contribution is 5.80. The molecule has 88 valence electrons. The van der Waals surface area contributed by atoms with Crippen LogP contribution in [0.3, 0.4) is 0 Å². The lowest BCUT2D eigenvalue weighted by Gasteiger charge is -2.03. The predicted octanol–water partition coefficient (Wildman–Crippen LogP) is 1.87. The Hall–Kier alpha value is -1.49. The highest BCUT2D eigenvalue weighted by atomic mass is 19.1. The molecule has 0 aromatic heterocycles. The molecule has 5 heteroatoms. The maximum absolute atomic E-state index is 13.4. The molecule has 0 radical (unpaired) electrons. The lowest BCUT2D eigenvalue weighted by molar-refractivity contribution is 0.160. The summed E-state index contributed by atoms with van der Waals surface area (Å²) < 4.78 is 26.8. The Kier molecular flexibility index (Phi) is 4.85. The number of nitrogens with zero attached hydrogens (tertiary/aromatic N) is 1. The van der Waals surface area contributed by atoms with Crippen molar-refractivity contribution in [3.05, 3.63) is 34.9 Å². The molecule has 3 nitrogen and oxygen atoms in total. The van der Waals surface area contributed by atoms with E-state index in [1.807, 2.05) is 0 Å². The first-order valence-electron chi connectivity index (χ1n) is 4.93. The van der Waals surface area contributed by atoms with E-state index in [2.05, 4.69) is 9.99 Å². The molecule has 0 atom stereocenters. The average Bonchev–Trinajstić information content (AvgIpc) is 2.23. The third kappa shape index (κ3) is 3.27. The SMILES string of the molecule is CCON=Cc1c(F)cc(CCO)cc1F. The first-order valence-corrected chi connectivity index (χ1v) is 4.93. The van der Waals surface area contributed by atoms with Crippen molar-refractivity contribution in [2.24, 2.45) is 5.16 Å². The largest absolute Gasteiger partial charge is 0.396 e. The topological polar surface area (TPSA) is 41.8 Å². The number of rotatable bonds is 5. The van der Waals surface area contributed by atoms with Crippen LogP contribution in [0, 0.1) is 11.6 Å². The molecular weight excluding hydrogens is 216 g/mol. The van der Waals surface area contributed by atoms with E-state index < -0.39 is 11.6 Å². The van der Waals surface area contributed by atoms with E-state index in [1.165, 1.54) is 12.1 Å². The fourth-order valence-corrected chi connectivity index (χ4v) is 1.20. The third-order valence-corrected chi connectivity index (χ3v) is 1.92. The van der Waals surface area contributed by atoms with Gasteiger partial charge in [-0.2, -0.15) is 0 Å². The monoisotopic (exact) mass is 229 g/mol. The first-order chi connectivity index (χ1) is 7.69. The van der Waals surface area contributed by atoms with E-state index in [4.69, 9.17) is 5.11 Å². The van der Waals surface area contributed by atoms with Crippen molar-refractivity contribution >= 4 is 6.21 Å². The summed E-state index contributed by atoms with van der Waals surface area (Å²) in [4.78, 5) is 4.62. The van der Waals surface area contributed by atoms with Crippen LogP contribution in [-0.4, -0.2) is 24.5 Å². The zero-order chi connectivity index (χ0) is 12.0. The smallest absolute Gasteiger partial charge is 0.135 e. The molecule has 0 amide bonds. The van der Waals surface area contributed by atoms with Gasteiger partial charge in [0.25, 0.3) is 0 Å². The molecule has 1 aromatic rings. The van der Waals surface area contributed by atoms with Gasteiger partial charge in [-0.1, -0.05) is 5.16 Å². The Bertz CT molecular complexity index is 357. The zero-order valence-corrected chi connectivity index (χ0v) is 8.91. The maximum atomic E-state index is 13.4. The molecule has 1 rings (SSSR count). The lowest BCUT2D eigenvalue weighted by atomic mass is 10.1. The molecule has 0 aliphatic heterocycles. The Morgan fingerprint density at radius 1 is 1.38 bits per heavy atom. The Morgan fingerprint density at radius 3 is 2.50 bits per heavy atom. The second kappa shape index (κ2) is 6.17. The summed E-state index contributed by atoms with van der Waals surface area (Å²) in [5.74, 6) is -1.43. The lowest BCUT2D eigenvalue weighted by Crippen LogP contribution is -1.99. The number of hydrogen-bond donors (Lipinski definition) is 1. The summed E-state index contributed by atoms with van der Waals surface area (Å²) >= 11 is 0. The minimum Gasteiger partial charge on any atom is -0.396 e. The van der Waals surface area contributed by atoms with Crippen molar-refractivity contribution in [3.63, 3.8) is 0 Å². The molecule has 0 unspecified atom stereocenters. The normalized spacial score (nSPS) is 11.0. The standard InChI is InChI=1S/C11H13F2NO2/c1-2-16-14-7-9-10(12)5-8(3-4-15)6-11(9)13/h5-7,15H,2-4H2,1H3. The Balaban J connectivity index is 2.93. The van der Waals surface area contributed by atoms with Crippen molar-refractivity contribution in [2.75, 3.05) is 13.2 Å². The van der Waals surface area contributed by atoms with Crippen LogP contribution >= 0.6 is 0 Å². The van der Waals surface area contributed by atoms with Crippen LogP contribution in [0.25, 0.3) is 0 Å². The molecule has 0 fully saturated rings. The molecule has 1 N–H and O–H groups in total. The van der Waals surface area contributed by atoms with Gasteiger partial charge in [0, 0.05) is 6.61 Å². The van der Waals surface area contributed by atoms with Crippen molar-refractivity contribution in [2.45, 2.75) is 13.3 Å². The number of halogens is 2. The van der Waals surface area contributed by atoms with Crippen LogP contribution < -0.4 is 0 Å². The van der Waals surface area contributed by atoms with Crippen molar-refractivity contribution in [1.82, 2.24) is 0 Å². The van der Waals surface area contributed by atoms with Gasteiger partial charge in [-0.3, -0.25) is 0 Å². The number of aliphatic hydroxyl groups is 1. The van der Waals surface area contributed by atoms with E-state index in [0.29, 0.717) is 12.2 Å². The van der Waals surface area contributed by atoms with Crippen molar-refractivity contribution < 1.29 is 18.7 Å². The second-order valence-corrected chi connectivity index (χ2v) is 3.10. The van der Waals surface area contributed by atoms with Gasteiger partial charge in [-0.25, -0.2) is 8.78 Å². The second-order valence-electron chi connectivity index (χ2n) is 3.10.